The van der Waals surface area contributed by atoms with Crippen LogP contribution in [0.4, 0.5) is 0 Å². The minimum atomic E-state index is -0.0347. The van der Waals surface area contributed by atoms with Crippen molar-refractivity contribution in [2.75, 3.05) is 6.61 Å². The Morgan fingerprint density at radius 3 is 2.26 bits per heavy atom. The highest BCUT2D eigenvalue weighted by Gasteiger charge is 2.10. The van der Waals surface area contributed by atoms with Crippen LogP contribution in [-0.4, -0.2) is 12.5 Å². The quantitative estimate of drug-likeness (QED) is 0.627. The molecule has 3 rings (SSSR count). The predicted octanol–water partition coefficient (Wildman–Crippen LogP) is 4.80. The van der Waals surface area contributed by atoms with Crippen LogP contribution in [0, 0.1) is 0 Å². The van der Waals surface area contributed by atoms with Crippen molar-refractivity contribution in [3.8, 4) is 5.75 Å². The summed E-state index contributed by atoms with van der Waals surface area (Å²) in [6.07, 6.45) is 1.76. The minimum Gasteiger partial charge on any atom is -0.494 e. The van der Waals surface area contributed by atoms with E-state index in [-0.39, 0.29) is 5.91 Å². The average molecular weight is 359 g/mol. The number of hydrogen-bond donors (Lipinski definition) is 1. The lowest BCUT2D eigenvalue weighted by molar-refractivity contribution is 0.0950. The van der Waals surface area contributed by atoms with Gasteiger partial charge in [0.15, 0.2) is 0 Å². The molecule has 0 heterocycles. The molecule has 0 aliphatic heterocycles. The third kappa shape index (κ3) is 5.45. The fourth-order valence-corrected chi connectivity index (χ4v) is 3.03. The molecule has 1 N–H and O–H groups in total. The molecule has 27 heavy (non-hydrogen) atoms. The van der Waals surface area contributed by atoms with E-state index >= 15 is 0 Å². The van der Waals surface area contributed by atoms with Crippen molar-refractivity contribution < 1.29 is 9.53 Å². The Labute approximate surface area is 161 Å². The molecule has 3 aromatic rings. The highest BCUT2D eigenvalue weighted by molar-refractivity contribution is 5.95. The second-order valence-corrected chi connectivity index (χ2v) is 6.40. The molecule has 3 aromatic carbocycles. The molecule has 0 aliphatic rings. The van der Waals surface area contributed by atoms with Gasteiger partial charge < -0.3 is 10.1 Å². The van der Waals surface area contributed by atoms with E-state index in [0.717, 1.165) is 35.3 Å². The van der Waals surface area contributed by atoms with Crippen LogP contribution < -0.4 is 10.1 Å². The Hall–Kier alpha value is -3.07. The number of ether oxygens (including phenoxy) is 1. The molecule has 0 radical (unpaired) electrons. The van der Waals surface area contributed by atoms with Crippen LogP contribution in [-0.2, 0) is 19.4 Å². The molecule has 0 saturated carbocycles. The first-order valence-corrected chi connectivity index (χ1v) is 9.38. The van der Waals surface area contributed by atoms with Crippen molar-refractivity contribution in [3.63, 3.8) is 0 Å². The van der Waals surface area contributed by atoms with Crippen LogP contribution in [0.1, 0.15) is 34.0 Å². The maximum Gasteiger partial charge on any atom is 0.251 e. The van der Waals surface area contributed by atoms with E-state index in [1.54, 1.807) is 0 Å². The van der Waals surface area contributed by atoms with Gasteiger partial charge in [0.2, 0.25) is 0 Å². The van der Waals surface area contributed by atoms with Crippen molar-refractivity contribution in [3.05, 3.63) is 101 Å². The number of carbonyl (C=O) groups excluding carboxylic acids is 1. The first kappa shape index (κ1) is 18.7. The highest BCUT2D eigenvalue weighted by atomic mass is 16.5. The van der Waals surface area contributed by atoms with Crippen LogP contribution in [0.25, 0.3) is 0 Å². The van der Waals surface area contributed by atoms with E-state index in [9.17, 15) is 4.79 Å². The summed E-state index contributed by atoms with van der Waals surface area (Å²) in [6.45, 7) is 3.11. The van der Waals surface area contributed by atoms with E-state index in [4.69, 9.17) is 4.74 Å². The highest BCUT2D eigenvalue weighted by Crippen LogP contribution is 2.14. The van der Waals surface area contributed by atoms with Crippen molar-refractivity contribution in [2.45, 2.75) is 26.3 Å². The van der Waals surface area contributed by atoms with Gasteiger partial charge in [0, 0.05) is 12.1 Å². The smallest absolute Gasteiger partial charge is 0.251 e. The predicted molar refractivity (Wildman–Crippen MR) is 109 cm³/mol. The summed E-state index contributed by atoms with van der Waals surface area (Å²) in [5, 5.41) is 3.03. The lowest BCUT2D eigenvalue weighted by atomic mass is 9.99. The third-order valence-electron chi connectivity index (χ3n) is 4.48. The number of benzene rings is 3. The second kappa shape index (κ2) is 9.58. The number of aryl methyl sites for hydroxylation is 2. The molecule has 0 unspecified atom stereocenters. The van der Waals surface area contributed by atoms with E-state index in [1.165, 1.54) is 5.56 Å². The molecule has 0 fully saturated rings. The van der Waals surface area contributed by atoms with Crippen LogP contribution in [0.5, 0.6) is 5.75 Å². The SMILES string of the molecule is CCOc1ccc(CNC(=O)c2ccccc2CCc2ccccc2)cc1. The van der Waals surface area contributed by atoms with E-state index < -0.39 is 0 Å². The van der Waals surface area contributed by atoms with Gasteiger partial charge in [-0.25, -0.2) is 0 Å². The first-order valence-electron chi connectivity index (χ1n) is 9.38. The van der Waals surface area contributed by atoms with Gasteiger partial charge in [-0.15, -0.1) is 0 Å². The normalized spacial score (nSPS) is 10.4. The van der Waals surface area contributed by atoms with Crippen molar-refractivity contribution in [1.29, 1.82) is 0 Å². The lowest BCUT2D eigenvalue weighted by Gasteiger charge is -2.11. The zero-order chi connectivity index (χ0) is 18.9. The summed E-state index contributed by atoms with van der Waals surface area (Å²) >= 11 is 0. The first-order chi connectivity index (χ1) is 13.3. The molecule has 0 saturated heterocycles. The maximum atomic E-state index is 12.7. The average Bonchev–Trinajstić information content (AvgIpc) is 2.73. The van der Waals surface area contributed by atoms with Crippen molar-refractivity contribution in [1.82, 2.24) is 5.32 Å². The summed E-state index contributed by atoms with van der Waals surface area (Å²) in [5.41, 5.74) is 4.15. The number of carbonyl (C=O) groups is 1. The van der Waals surface area contributed by atoms with E-state index in [1.807, 2.05) is 73.7 Å². The maximum absolute atomic E-state index is 12.7. The zero-order valence-corrected chi connectivity index (χ0v) is 15.7. The summed E-state index contributed by atoms with van der Waals surface area (Å²) < 4.78 is 5.45. The molecule has 3 nitrogen and oxygen atoms in total. The number of hydrogen-bond acceptors (Lipinski definition) is 2. The fraction of sp³-hybridized carbons (Fsp3) is 0.208. The number of rotatable bonds is 8. The number of amides is 1. The standard InChI is InChI=1S/C24H25NO2/c1-2-27-22-16-13-20(14-17-22)18-25-24(26)23-11-7-6-10-21(23)15-12-19-8-4-3-5-9-19/h3-11,13-14,16-17H,2,12,15,18H2,1H3,(H,25,26). The fourth-order valence-electron chi connectivity index (χ4n) is 3.03. The van der Waals surface area contributed by atoms with Crippen LogP contribution >= 0.6 is 0 Å². The minimum absolute atomic E-state index is 0.0347. The summed E-state index contributed by atoms with van der Waals surface area (Å²) in [5.74, 6) is 0.811. The van der Waals surface area contributed by atoms with Gasteiger partial charge in [0.05, 0.1) is 6.61 Å². The van der Waals surface area contributed by atoms with Crippen molar-refractivity contribution >= 4 is 5.91 Å². The Kier molecular flexibility index (Phi) is 6.64. The van der Waals surface area contributed by atoms with Crippen LogP contribution in [0.3, 0.4) is 0 Å². The molecule has 3 heteroatoms. The monoisotopic (exact) mass is 359 g/mol. The largest absolute Gasteiger partial charge is 0.494 e. The molecule has 138 valence electrons. The Balaban J connectivity index is 1.61. The molecule has 0 aromatic heterocycles. The Morgan fingerprint density at radius 2 is 1.52 bits per heavy atom. The molecule has 0 atom stereocenters. The Bertz CT molecular complexity index is 857. The van der Waals surface area contributed by atoms with Gasteiger partial charge in [-0.2, -0.15) is 0 Å². The van der Waals surface area contributed by atoms with Gasteiger partial charge >= 0.3 is 0 Å². The summed E-state index contributed by atoms with van der Waals surface area (Å²) in [6, 6.07) is 26.0. The van der Waals surface area contributed by atoms with Gasteiger partial charge in [0.1, 0.15) is 5.75 Å². The Morgan fingerprint density at radius 1 is 0.815 bits per heavy atom. The second-order valence-electron chi connectivity index (χ2n) is 6.40. The van der Waals surface area contributed by atoms with Gasteiger partial charge in [-0.1, -0.05) is 60.7 Å². The molecular formula is C24H25NO2. The van der Waals surface area contributed by atoms with Gasteiger partial charge in [0.25, 0.3) is 5.91 Å². The van der Waals surface area contributed by atoms with Crippen molar-refractivity contribution in [2.24, 2.45) is 0 Å². The zero-order valence-electron chi connectivity index (χ0n) is 15.7. The van der Waals surface area contributed by atoms with E-state index in [2.05, 4.69) is 17.4 Å². The summed E-state index contributed by atoms with van der Waals surface area (Å²) in [7, 11) is 0. The summed E-state index contributed by atoms with van der Waals surface area (Å²) in [4.78, 5) is 12.7. The lowest BCUT2D eigenvalue weighted by Crippen LogP contribution is -2.24. The molecule has 1 amide bonds. The topological polar surface area (TPSA) is 38.3 Å². The third-order valence-corrected chi connectivity index (χ3v) is 4.48. The molecular weight excluding hydrogens is 334 g/mol. The van der Waals surface area contributed by atoms with Crippen LogP contribution in [0.2, 0.25) is 0 Å². The molecule has 0 bridgehead atoms. The van der Waals surface area contributed by atoms with Crippen LogP contribution in [0.15, 0.2) is 78.9 Å². The molecule has 0 aliphatic carbocycles. The van der Waals surface area contributed by atoms with Gasteiger partial charge in [-0.05, 0) is 54.7 Å². The number of nitrogens with one attached hydrogen (secondary N) is 1. The van der Waals surface area contributed by atoms with Gasteiger partial charge in [-0.3, -0.25) is 4.79 Å². The van der Waals surface area contributed by atoms with E-state index in [0.29, 0.717) is 13.2 Å². The molecule has 0 spiro atoms.